The van der Waals surface area contributed by atoms with E-state index in [0.29, 0.717) is 5.56 Å². The summed E-state index contributed by atoms with van der Waals surface area (Å²) >= 11 is 0. The van der Waals surface area contributed by atoms with Crippen molar-refractivity contribution in [1.29, 1.82) is 0 Å². The van der Waals surface area contributed by atoms with Crippen LogP contribution in [0.2, 0.25) is 0 Å². The summed E-state index contributed by atoms with van der Waals surface area (Å²) in [6.07, 6.45) is 0.0860. The van der Waals surface area contributed by atoms with Gasteiger partial charge in [-0.1, -0.05) is 18.2 Å². The van der Waals surface area contributed by atoms with Gasteiger partial charge in [0, 0.05) is 18.7 Å². The summed E-state index contributed by atoms with van der Waals surface area (Å²) in [6.45, 7) is 5.67. The Bertz CT molecular complexity index is 464. The summed E-state index contributed by atoms with van der Waals surface area (Å²) < 4.78 is 11.2. The van der Waals surface area contributed by atoms with E-state index in [4.69, 9.17) is 9.47 Å². The van der Waals surface area contributed by atoms with Gasteiger partial charge in [-0.15, -0.1) is 0 Å². The minimum Gasteiger partial charge on any atom is -0.438 e. The number of morpholine rings is 1. The van der Waals surface area contributed by atoms with Gasteiger partial charge in [0.15, 0.2) is 6.23 Å². The Balaban J connectivity index is 1.88. The van der Waals surface area contributed by atoms with Crippen molar-refractivity contribution in [2.45, 2.75) is 32.3 Å². The minimum atomic E-state index is -0.248. The number of fused-ring (bicyclic) bond motifs is 1. The first-order chi connectivity index (χ1) is 8.65. The van der Waals surface area contributed by atoms with Gasteiger partial charge in [-0.25, -0.2) is 4.79 Å². The molecule has 3 rings (SSSR count). The summed E-state index contributed by atoms with van der Waals surface area (Å²) in [5.74, 6) is -0.220. The van der Waals surface area contributed by atoms with Crippen molar-refractivity contribution in [3.8, 4) is 0 Å². The summed E-state index contributed by atoms with van der Waals surface area (Å²) in [7, 11) is 0. The molecule has 1 saturated heterocycles. The van der Waals surface area contributed by atoms with Gasteiger partial charge in [-0.3, -0.25) is 4.90 Å². The Labute approximate surface area is 106 Å². The topological polar surface area (TPSA) is 38.8 Å². The molecular formula is C14H17NO3. The first-order valence-corrected chi connectivity index (χ1v) is 6.34. The molecule has 2 heterocycles. The summed E-state index contributed by atoms with van der Waals surface area (Å²) in [5.41, 5.74) is 1.66. The molecule has 0 N–H and O–H groups in total. The smallest absolute Gasteiger partial charge is 0.340 e. The number of esters is 1. The van der Waals surface area contributed by atoms with E-state index >= 15 is 0 Å². The van der Waals surface area contributed by atoms with Crippen molar-refractivity contribution in [1.82, 2.24) is 4.90 Å². The zero-order chi connectivity index (χ0) is 12.7. The highest BCUT2D eigenvalue weighted by molar-refractivity contribution is 5.93. The number of ether oxygens (including phenoxy) is 2. The van der Waals surface area contributed by atoms with Crippen LogP contribution in [-0.2, 0) is 9.47 Å². The van der Waals surface area contributed by atoms with Crippen LogP contribution >= 0.6 is 0 Å². The lowest BCUT2D eigenvalue weighted by Crippen LogP contribution is -2.47. The van der Waals surface area contributed by atoms with Gasteiger partial charge in [0.05, 0.1) is 17.8 Å². The number of cyclic esters (lactones) is 1. The van der Waals surface area contributed by atoms with Crippen LogP contribution in [0.3, 0.4) is 0 Å². The van der Waals surface area contributed by atoms with Crippen LogP contribution < -0.4 is 0 Å². The van der Waals surface area contributed by atoms with Gasteiger partial charge in [0.25, 0.3) is 0 Å². The van der Waals surface area contributed by atoms with E-state index in [1.165, 1.54) is 0 Å². The summed E-state index contributed by atoms with van der Waals surface area (Å²) in [5, 5.41) is 0. The molecule has 1 aromatic carbocycles. The number of benzene rings is 1. The quantitative estimate of drug-likeness (QED) is 0.711. The zero-order valence-electron chi connectivity index (χ0n) is 10.6. The van der Waals surface area contributed by atoms with Gasteiger partial charge < -0.3 is 9.47 Å². The third kappa shape index (κ3) is 1.91. The van der Waals surface area contributed by atoms with E-state index in [2.05, 4.69) is 4.90 Å². The second-order valence-corrected chi connectivity index (χ2v) is 5.06. The Morgan fingerprint density at radius 2 is 1.83 bits per heavy atom. The molecule has 0 radical (unpaired) electrons. The maximum atomic E-state index is 11.8. The Hall–Kier alpha value is -1.39. The van der Waals surface area contributed by atoms with Crippen molar-refractivity contribution >= 4 is 5.97 Å². The van der Waals surface area contributed by atoms with Crippen molar-refractivity contribution < 1.29 is 14.3 Å². The molecule has 96 valence electrons. The summed E-state index contributed by atoms with van der Waals surface area (Å²) in [4.78, 5) is 14.0. The molecule has 1 fully saturated rings. The van der Waals surface area contributed by atoms with E-state index in [1.54, 1.807) is 0 Å². The molecule has 4 heteroatoms. The molecule has 2 aliphatic heterocycles. The van der Waals surface area contributed by atoms with E-state index in [1.807, 2.05) is 38.1 Å². The Morgan fingerprint density at radius 1 is 1.17 bits per heavy atom. The molecule has 1 aromatic rings. The highest BCUT2D eigenvalue weighted by Gasteiger charge is 2.37. The summed E-state index contributed by atoms with van der Waals surface area (Å²) in [6, 6.07) is 7.61. The predicted octanol–water partition coefficient (Wildman–Crippen LogP) is 1.96. The third-order valence-corrected chi connectivity index (χ3v) is 3.44. The standard InChI is InChI=1S/C14H17NO3/c1-9-7-15(8-10(2)17-9)13-11-5-3-4-6-12(11)14(16)18-13/h3-6,9-10,13H,7-8H2,1-2H3. The van der Waals surface area contributed by atoms with Gasteiger partial charge in [-0.2, -0.15) is 0 Å². The normalized spacial score (nSPS) is 32.1. The van der Waals surface area contributed by atoms with Crippen LogP contribution in [0.1, 0.15) is 36.0 Å². The fourth-order valence-corrected chi connectivity index (χ4v) is 2.81. The Kier molecular flexibility index (Phi) is 2.84. The van der Waals surface area contributed by atoms with E-state index < -0.39 is 0 Å². The largest absolute Gasteiger partial charge is 0.438 e. The van der Waals surface area contributed by atoms with E-state index in [0.717, 1.165) is 18.7 Å². The van der Waals surface area contributed by atoms with Crippen LogP contribution in [0.5, 0.6) is 0 Å². The molecule has 0 bridgehead atoms. The van der Waals surface area contributed by atoms with Crippen molar-refractivity contribution in [2.75, 3.05) is 13.1 Å². The number of hydrogen-bond donors (Lipinski definition) is 0. The molecule has 18 heavy (non-hydrogen) atoms. The molecule has 3 unspecified atom stereocenters. The maximum absolute atomic E-state index is 11.8. The molecular weight excluding hydrogens is 230 g/mol. The van der Waals surface area contributed by atoms with Crippen molar-refractivity contribution in [2.24, 2.45) is 0 Å². The second kappa shape index (κ2) is 4.37. The average Bonchev–Trinajstić information content (AvgIpc) is 2.66. The number of carbonyl (C=O) groups excluding carboxylic acids is 1. The van der Waals surface area contributed by atoms with Gasteiger partial charge in [-0.05, 0) is 19.9 Å². The van der Waals surface area contributed by atoms with Crippen LogP contribution in [-0.4, -0.2) is 36.2 Å². The monoisotopic (exact) mass is 247 g/mol. The Morgan fingerprint density at radius 3 is 2.56 bits per heavy atom. The molecule has 0 aromatic heterocycles. The van der Waals surface area contributed by atoms with Gasteiger partial charge in [0.2, 0.25) is 0 Å². The lowest BCUT2D eigenvalue weighted by Gasteiger charge is -2.37. The lowest BCUT2D eigenvalue weighted by molar-refractivity contribution is -0.121. The molecule has 0 amide bonds. The molecule has 0 saturated carbocycles. The molecule has 0 spiro atoms. The van der Waals surface area contributed by atoms with Crippen LogP contribution in [0, 0.1) is 0 Å². The minimum absolute atomic E-state index is 0.167. The zero-order valence-corrected chi connectivity index (χ0v) is 10.6. The number of nitrogens with zero attached hydrogens (tertiary/aromatic N) is 1. The first kappa shape index (κ1) is 11.7. The van der Waals surface area contributed by atoms with E-state index in [9.17, 15) is 4.79 Å². The molecule has 2 aliphatic rings. The highest BCUT2D eigenvalue weighted by atomic mass is 16.6. The fraction of sp³-hybridized carbons (Fsp3) is 0.500. The maximum Gasteiger partial charge on any atom is 0.340 e. The third-order valence-electron chi connectivity index (χ3n) is 3.44. The predicted molar refractivity (Wildman–Crippen MR) is 66.2 cm³/mol. The first-order valence-electron chi connectivity index (χ1n) is 6.34. The molecule has 4 nitrogen and oxygen atoms in total. The van der Waals surface area contributed by atoms with Gasteiger partial charge >= 0.3 is 5.97 Å². The van der Waals surface area contributed by atoms with Crippen LogP contribution in [0.15, 0.2) is 24.3 Å². The highest BCUT2D eigenvalue weighted by Crippen LogP contribution is 2.34. The average molecular weight is 247 g/mol. The second-order valence-electron chi connectivity index (χ2n) is 5.06. The van der Waals surface area contributed by atoms with Crippen molar-refractivity contribution in [3.05, 3.63) is 35.4 Å². The van der Waals surface area contributed by atoms with Crippen LogP contribution in [0.4, 0.5) is 0 Å². The van der Waals surface area contributed by atoms with E-state index in [-0.39, 0.29) is 24.4 Å². The SMILES string of the molecule is CC1CN(C2OC(=O)c3ccccc32)CC(C)O1. The van der Waals surface area contributed by atoms with Crippen LogP contribution in [0.25, 0.3) is 0 Å². The number of rotatable bonds is 1. The number of hydrogen-bond acceptors (Lipinski definition) is 4. The number of carbonyl (C=O) groups is 1. The molecule has 3 atom stereocenters. The molecule has 0 aliphatic carbocycles. The fourth-order valence-electron chi connectivity index (χ4n) is 2.81. The lowest BCUT2D eigenvalue weighted by atomic mass is 10.1. The van der Waals surface area contributed by atoms with Gasteiger partial charge in [0.1, 0.15) is 0 Å². The van der Waals surface area contributed by atoms with Crippen molar-refractivity contribution in [3.63, 3.8) is 0 Å².